The van der Waals surface area contributed by atoms with Gasteiger partial charge in [-0.3, -0.25) is 4.98 Å². The van der Waals surface area contributed by atoms with Crippen LogP contribution in [-0.2, 0) is 0 Å². The fourth-order valence-electron chi connectivity index (χ4n) is 1.41. The lowest BCUT2D eigenvalue weighted by Gasteiger charge is -2.04. The van der Waals surface area contributed by atoms with E-state index in [1.54, 1.807) is 12.4 Å². The van der Waals surface area contributed by atoms with E-state index in [2.05, 4.69) is 4.98 Å². The first-order valence-corrected chi connectivity index (χ1v) is 4.61. The molecule has 1 aromatic heterocycles. The van der Waals surface area contributed by atoms with Crippen molar-refractivity contribution in [3.63, 3.8) is 0 Å². The van der Waals surface area contributed by atoms with Crippen molar-refractivity contribution >= 4 is 11.9 Å². The van der Waals surface area contributed by atoms with Crippen molar-refractivity contribution in [2.45, 2.75) is 0 Å². The van der Waals surface area contributed by atoms with Crippen LogP contribution in [-0.4, -0.2) is 11.2 Å². The van der Waals surface area contributed by atoms with Crippen molar-refractivity contribution in [3.8, 4) is 11.1 Å². The minimum atomic E-state index is 0.623. The van der Waals surface area contributed by atoms with Crippen LogP contribution in [0.15, 0.2) is 42.7 Å². The molecule has 2 rings (SSSR count). The number of aromatic nitrogens is 1. The van der Waals surface area contributed by atoms with Gasteiger partial charge in [-0.15, -0.1) is 0 Å². The second kappa shape index (κ2) is 3.92. The molecule has 0 atom stereocenters. The van der Waals surface area contributed by atoms with E-state index in [0.717, 1.165) is 16.7 Å². The molecular formula is C12H11N3. The Balaban J connectivity index is 2.51. The zero-order chi connectivity index (χ0) is 10.7. The van der Waals surface area contributed by atoms with Crippen LogP contribution in [0.2, 0.25) is 0 Å². The van der Waals surface area contributed by atoms with Crippen molar-refractivity contribution < 1.29 is 0 Å². The summed E-state index contributed by atoms with van der Waals surface area (Å²) in [5.74, 6) is 0. The Morgan fingerprint density at radius 1 is 1.20 bits per heavy atom. The molecule has 0 saturated carbocycles. The standard InChI is InChI=1S/C12H11N3/c13-7-11-6-9(3-4-12(11)14)10-2-1-5-15-8-10/h1-8,13H,14H2. The van der Waals surface area contributed by atoms with Crippen molar-refractivity contribution in [3.05, 3.63) is 48.3 Å². The summed E-state index contributed by atoms with van der Waals surface area (Å²) in [6, 6.07) is 9.49. The fourth-order valence-corrected chi connectivity index (χ4v) is 1.41. The van der Waals surface area contributed by atoms with Gasteiger partial charge < -0.3 is 11.1 Å². The highest BCUT2D eigenvalue weighted by atomic mass is 14.6. The molecule has 15 heavy (non-hydrogen) atoms. The number of nitrogens with zero attached hydrogens (tertiary/aromatic N) is 1. The monoisotopic (exact) mass is 197 g/mol. The summed E-state index contributed by atoms with van der Waals surface area (Å²) in [6.07, 6.45) is 4.78. The summed E-state index contributed by atoms with van der Waals surface area (Å²) < 4.78 is 0. The maximum Gasteiger partial charge on any atom is 0.0403 e. The van der Waals surface area contributed by atoms with Gasteiger partial charge in [0.25, 0.3) is 0 Å². The zero-order valence-electron chi connectivity index (χ0n) is 8.14. The molecule has 0 aliphatic carbocycles. The molecule has 2 aromatic rings. The van der Waals surface area contributed by atoms with Crippen molar-refractivity contribution in [2.24, 2.45) is 0 Å². The van der Waals surface area contributed by atoms with Gasteiger partial charge in [0, 0.05) is 35.4 Å². The number of hydrogen-bond donors (Lipinski definition) is 2. The third kappa shape index (κ3) is 1.86. The number of nitrogens with one attached hydrogen (secondary N) is 1. The van der Waals surface area contributed by atoms with E-state index in [9.17, 15) is 0 Å². The Labute approximate surface area is 88.1 Å². The van der Waals surface area contributed by atoms with Crippen molar-refractivity contribution in [1.29, 1.82) is 5.41 Å². The Hall–Kier alpha value is -2.16. The van der Waals surface area contributed by atoms with Gasteiger partial charge in [-0.05, 0) is 23.8 Å². The number of nitrogens with two attached hydrogens (primary N) is 1. The highest BCUT2D eigenvalue weighted by molar-refractivity contribution is 5.87. The molecule has 3 heteroatoms. The van der Waals surface area contributed by atoms with Gasteiger partial charge in [0.05, 0.1) is 0 Å². The molecule has 0 unspecified atom stereocenters. The Morgan fingerprint density at radius 3 is 2.73 bits per heavy atom. The van der Waals surface area contributed by atoms with E-state index in [-0.39, 0.29) is 0 Å². The molecule has 1 aromatic carbocycles. The average Bonchev–Trinajstić information content (AvgIpc) is 2.31. The number of hydrogen-bond acceptors (Lipinski definition) is 3. The molecule has 0 bridgehead atoms. The Bertz CT molecular complexity index is 477. The number of benzene rings is 1. The maximum atomic E-state index is 7.22. The SMILES string of the molecule is N=Cc1cc(-c2cccnc2)ccc1N. The van der Waals surface area contributed by atoms with Gasteiger partial charge in [0.1, 0.15) is 0 Å². The lowest BCUT2D eigenvalue weighted by Crippen LogP contribution is -1.93. The molecule has 1 heterocycles. The maximum absolute atomic E-state index is 7.22. The minimum Gasteiger partial charge on any atom is -0.398 e. The van der Waals surface area contributed by atoms with Crippen LogP contribution >= 0.6 is 0 Å². The van der Waals surface area contributed by atoms with Crippen molar-refractivity contribution in [2.75, 3.05) is 5.73 Å². The second-order valence-corrected chi connectivity index (χ2v) is 3.23. The molecule has 0 spiro atoms. The van der Waals surface area contributed by atoms with Gasteiger partial charge >= 0.3 is 0 Å². The van der Waals surface area contributed by atoms with E-state index in [4.69, 9.17) is 11.1 Å². The molecule has 0 radical (unpaired) electrons. The van der Waals surface area contributed by atoms with E-state index < -0.39 is 0 Å². The highest BCUT2D eigenvalue weighted by Crippen LogP contribution is 2.21. The zero-order valence-corrected chi connectivity index (χ0v) is 8.14. The van der Waals surface area contributed by atoms with Gasteiger partial charge in [0.2, 0.25) is 0 Å². The predicted octanol–water partition coefficient (Wildman–Crippen LogP) is 2.33. The Kier molecular flexibility index (Phi) is 2.46. The number of anilines is 1. The summed E-state index contributed by atoms with van der Waals surface area (Å²) in [7, 11) is 0. The average molecular weight is 197 g/mol. The Morgan fingerprint density at radius 2 is 2.07 bits per heavy atom. The topological polar surface area (TPSA) is 62.8 Å². The lowest BCUT2D eigenvalue weighted by molar-refractivity contribution is 1.33. The largest absolute Gasteiger partial charge is 0.398 e. The third-order valence-electron chi connectivity index (χ3n) is 2.24. The molecule has 0 fully saturated rings. The summed E-state index contributed by atoms with van der Waals surface area (Å²) in [6.45, 7) is 0. The van der Waals surface area contributed by atoms with E-state index in [1.165, 1.54) is 6.21 Å². The first-order valence-electron chi connectivity index (χ1n) is 4.61. The molecule has 0 aliphatic rings. The van der Waals surface area contributed by atoms with Gasteiger partial charge in [-0.25, -0.2) is 0 Å². The normalized spacial score (nSPS) is 9.87. The first kappa shape index (κ1) is 9.40. The smallest absolute Gasteiger partial charge is 0.0403 e. The molecule has 3 N–H and O–H groups in total. The molecule has 3 nitrogen and oxygen atoms in total. The minimum absolute atomic E-state index is 0.623. The summed E-state index contributed by atoms with van der Waals surface area (Å²) in [5, 5.41) is 7.22. The van der Waals surface area contributed by atoms with Crippen LogP contribution in [0.5, 0.6) is 0 Å². The van der Waals surface area contributed by atoms with Crippen LogP contribution in [0.3, 0.4) is 0 Å². The van der Waals surface area contributed by atoms with Crippen LogP contribution in [0.4, 0.5) is 5.69 Å². The molecule has 0 aliphatic heterocycles. The van der Waals surface area contributed by atoms with Gasteiger partial charge in [-0.1, -0.05) is 12.1 Å². The molecular weight excluding hydrogens is 186 g/mol. The fraction of sp³-hybridized carbons (Fsp3) is 0. The van der Waals surface area contributed by atoms with Crippen LogP contribution < -0.4 is 5.73 Å². The number of rotatable bonds is 2. The first-order chi connectivity index (χ1) is 7.31. The van der Waals surface area contributed by atoms with Crippen LogP contribution in [0.1, 0.15) is 5.56 Å². The quantitative estimate of drug-likeness (QED) is 0.573. The van der Waals surface area contributed by atoms with Gasteiger partial charge in [0.15, 0.2) is 0 Å². The van der Waals surface area contributed by atoms with Crippen LogP contribution in [0.25, 0.3) is 11.1 Å². The van der Waals surface area contributed by atoms with E-state index in [0.29, 0.717) is 5.69 Å². The molecule has 0 saturated heterocycles. The lowest BCUT2D eigenvalue weighted by atomic mass is 10.0. The summed E-state index contributed by atoms with van der Waals surface area (Å²) in [5.41, 5.74) is 9.12. The molecule has 74 valence electrons. The van der Waals surface area contributed by atoms with Gasteiger partial charge in [-0.2, -0.15) is 0 Å². The highest BCUT2D eigenvalue weighted by Gasteiger charge is 2.00. The van der Waals surface area contributed by atoms with E-state index in [1.807, 2.05) is 30.3 Å². The van der Waals surface area contributed by atoms with Crippen molar-refractivity contribution in [1.82, 2.24) is 4.98 Å². The second-order valence-electron chi connectivity index (χ2n) is 3.23. The molecule has 0 amide bonds. The third-order valence-corrected chi connectivity index (χ3v) is 2.24. The summed E-state index contributed by atoms with van der Waals surface area (Å²) >= 11 is 0. The van der Waals surface area contributed by atoms with E-state index >= 15 is 0 Å². The van der Waals surface area contributed by atoms with Crippen LogP contribution in [0, 0.1) is 5.41 Å². The predicted molar refractivity (Wildman–Crippen MR) is 62.0 cm³/mol. The number of pyridine rings is 1. The number of nitrogen functional groups attached to an aromatic ring is 1. The summed E-state index contributed by atoms with van der Waals surface area (Å²) in [4.78, 5) is 4.05.